The number of nitrogens with zero attached hydrogens (tertiary/aromatic N) is 1. The van der Waals surface area contributed by atoms with E-state index in [0.29, 0.717) is 24.9 Å². The van der Waals surface area contributed by atoms with Gasteiger partial charge in [-0.3, -0.25) is 4.79 Å². The summed E-state index contributed by atoms with van der Waals surface area (Å²) in [6.07, 6.45) is -4.45. The van der Waals surface area contributed by atoms with Gasteiger partial charge < -0.3 is 20.4 Å². The van der Waals surface area contributed by atoms with Crippen LogP contribution >= 0.6 is 0 Å². The van der Waals surface area contributed by atoms with E-state index in [1.54, 1.807) is 11.0 Å². The van der Waals surface area contributed by atoms with Gasteiger partial charge in [-0.1, -0.05) is 48.5 Å². The highest BCUT2D eigenvalue weighted by atomic mass is 19.4. The zero-order chi connectivity index (χ0) is 22.5. The van der Waals surface area contributed by atoms with Crippen molar-refractivity contribution in [3.05, 3.63) is 71.3 Å². The lowest BCUT2D eigenvalue weighted by atomic mass is 9.88. The number of hydrogen-bond acceptors (Lipinski definition) is 4. The Bertz CT molecular complexity index is 876. The number of likely N-dealkylation sites (tertiary alicyclic amines) is 1. The molecule has 1 heterocycles. The van der Waals surface area contributed by atoms with Crippen LogP contribution in [0.4, 0.5) is 13.2 Å². The molecule has 5 nitrogen and oxygen atoms in total. The van der Waals surface area contributed by atoms with Crippen molar-refractivity contribution < 1.29 is 28.2 Å². The van der Waals surface area contributed by atoms with E-state index in [4.69, 9.17) is 0 Å². The molecule has 1 amide bonds. The standard InChI is InChI=1S/C23H27F3N2O3/c24-23(25,26)19-8-4-7-18(13-19)14-27-16-22(31)11-12-28(15-20(22)29)21(30)10-9-17-5-2-1-3-6-17/h1-8,13,20,27,29,31H,9-12,14-16H2/t20-,22-/m0/s1. The van der Waals surface area contributed by atoms with Crippen LogP contribution in [0.25, 0.3) is 0 Å². The quantitative estimate of drug-likeness (QED) is 0.624. The minimum Gasteiger partial charge on any atom is -0.388 e. The topological polar surface area (TPSA) is 72.8 Å². The molecule has 0 bridgehead atoms. The summed E-state index contributed by atoms with van der Waals surface area (Å²) in [5, 5.41) is 24.2. The largest absolute Gasteiger partial charge is 0.416 e. The number of benzene rings is 2. The lowest BCUT2D eigenvalue weighted by molar-refractivity contribution is -0.148. The third-order valence-corrected chi connectivity index (χ3v) is 5.67. The average Bonchev–Trinajstić information content (AvgIpc) is 2.74. The van der Waals surface area contributed by atoms with Crippen LogP contribution < -0.4 is 5.32 Å². The third-order valence-electron chi connectivity index (χ3n) is 5.67. The van der Waals surface area contributed by atoms with Gasteiger partial charge in [0.1, 0.15) is 11.7 Å². The summed E-state index contributed by atoms with van der Waals surface area (Å²) in [6.45, 7) is 0.469. The van der Waals surface area contributed by atoms with Gasteiger partial charge in [0.25, 0.3) is 0 Å². The number of piperidine rings is 1. The molecular weight excluding hydrogens is 409 g/mol. The highest BCUT2D eigenvalue weighted by Crippen LogP contribution is 2.29. The number of hydrogen-bond donors (Lipinski definition) is 3. The molecule has 2 aromatic carbocycles. The van der Waals surface area contributed by atoms with E-state index < -0.39 is 23.4 Å². The van der Waals surface area contributed by atoms with Crippen LogP contribution in [0.3, 0.4) is 0 Å². The molecule has 2 atom stereocenters. The zero-order valence-corrected chi connectivity index (χ0v) is 17.1. The third kappa shape index (κ3) is 6.29. The minimum absolute atomic E-state index is 0.0104. The molecule has 3 rings (SSSR count). The Kier molecular flexibility index (Phi) is 7.35. The zero-order valence-electron chi connectivity index (χ0n) is 17.1. The van der Waals surface area contributed by atoms with E-state index in [0.717, 1.165) is 17.7 Å². The Balaban J connectivity index is 1.47. The molecule has 0 radical (unpaired) electrons. The Labute approximate surface area is 179 Å². The van der Waals surface area contributed by atoms with Crippen LogP contribution in [0.1, 0.15) is 29.5 Å². The van der Waals surface area contributed by atoms with Gasteiger partial charge in [0.05, 0.1) is 5.56 Å². The molecule has 3 N–H and O–H groups in total. The first kappa shape index (κ1) is 23.2. The van der Waals surface area contributed by atoms with Gasteiger partial charge in [0, 0.05) is 32.6 Å². The molecule has 0 aliphatic carbocycles. The smallest absolute Gasteiger partial charge is 0.388 e. The summed E-state index contributed by atoms with van der Waals surface area (Å²) < 4.78 is 38.5. The van der Waals surface area contributed by atoms with Crippen molar-refractivity contribution in [2.45, 2.75) is 43.7 Å². The first-order valence-electron chi connectivity index (χ1n) is 10.3. The molecule has 1 aliphatic rings. The molecular formula is C23H27F3N2O3. The maximum Gasteiger partial charge on any atom is 0.416 e. The van der Waals surface area contributed by atoms with E-state index in [2.05, 4.69) is 5.32 Å². The van der Waals surface area contributed by atoms with Crippen LogP contribution in [0.5, 0.6) is 0 Å². The molecule has 1 aliphatic heterocycles. The number of carbonyl (C=O) groups excluding carboxylic acids is 1. The van der Waals surface area contributed by atoms with E-state index >= 15 is 0 Å². The second-order valence-electron chi connectivity index (χ2n) is 8.00. The summed E-state index contributed by atoms with van der Waals surface area (Å²) in [4.78, 5) is 14.0. The van der Waals surface area contributed by atoms with Crippen molar-refractivity contribution >= 4 is 5.91 Å². The van der Waals surface area contributed by atoms with Gasteiger partial charge in [-0.15, -0.1) is 0 Å². The van der Waals surface area contributed by atoms with Crippen LogP contribution in [0.15, 0.2) is 54.6 Å². The fourth-order valence-electron chi connectivity index (χ4n) is 3.73. The van der Waals surface area contributed by atoms with E-state index in [1.807, 2.05) is 30.3 Å². The van der Waals surface area contributed by atoms with E-state index in [1.165, 1.54) is 6.07 Å². The Morgan fingerprint density at radius 3 is 2.52 bits per heavy atom. The second-order valence-corrected chi connectivity index (χ2v) is 8.00. The number of aliphatic hydroxyl groups excluding tert-OH is 1. The second kappa shape index (κ2) is 9.80. The number of aryl methyl sites for hydroxylation is 1. The highest BCUT2D eigenvalue weighted by Gasteiger charge is 2.41. The number of carbonyl (C=O) groups is 1. The van der Waals surface area contributed by atoms with Crippen LogP contribution in [0.2, 0.25) is 0 Å². The fraction of sp³-hybridized carbons (Fsp3) is 0.435. The highest BCUT2D eigenvalue weighted by molar-refractivity contribution is 5.76. The van der Waals surface area contributed by atoms with Gasteiger partial charge in [0.15, 0.2) is 0 Å². The number of halogens is 3. The maximum atomic E-state index is 12.8. The molecule has 0 unspecified atom stereocenters. The lowest BCUT2D eigenvalue weighted by Gasteiger charge is -2.42. The molecule has 168 valence electrons. The van der Waals surface area contributed by atoms with Gasteiger partial charge in [-0.05, 0) is 30.0 Å². The Morgan fingerprint density at radius 1 is 1.13 bits per heavy atom. The average molecular weight is 436 g/mol. The number of amides is 1. The van der Waals surface area contributed by atoms with Crippen LogP contribution in [-0.4, -0.2) is 52.4 Å². The summed E-state index contributed by atoms with van der Waals surface area (Å²) in [5.74, 6) is -0.0816. The molecule has 0 aromatic heterocycles. The summed E-state index contributed by atoms with van der Waals surface area (Å²) in [5.41, 5.74) is -0.685. The van der Waals surface area contributed by atoms with Crippen molar-refractivity contribution in [2.24, 2.45) is 0 Å². The number of aliphatic hydroxyl groups is 2. The van der Waals surface area contributed by atoms with Crippen LogP contribution in [-0.2, 0) is 23.9 Å². The van der Waals surface area contributed by atoms with Crippen molar-refractivity contribution in [3.8, 4) is 0 Å². The first-order chi connectivity index (χ1) is 14.7. The molecule has 2 aromatic rings. The lowest BCUT2D eigenvalue weighted by Crippen LogP contribution is -2.60. The van der Waals surface area contributed by atoms with Gasteiger partial charge in [-0.2, -0.15) is 13.2 Å². The molecule has 8 heteroatoms. The summed E-state index contributed by atoms with van der Waals surface area (Å²) in [6, 6.07) is 14.6. The number of rotatable bonds is 7. The minimum atomic E-state index is -4.41. The molecule has 0 saturated carbocycles. The van der Waals surface area contributed by atoms with E-state index in [-0.39, 0.29) is 32.0 Å². The summed E-state index contributed by atoms with van der Waals surface area (Å²) in [7, 11) is 0. The molecule has 31 heavy (non-hydrogen) atoms. The SMILES string of the molecule is O=C(CCc1ccccc1)N1CC[C@](O)(CNCc2cccc(C(F)(F)F)c2)[C@@H](O)C1. The van der Waals surface area contributed by atoms with E-state index in [9.17, 15) is 28.2 Å². The number of nitrogens with one attached hydrogen (secondary N) is 1. The predicted octanol–water partition coefficient (Wildman–Crippen LogP) is 2.75. The van der Waals surface area contributed by atoms with Gasteiger partial charge in [-0.25, -0.2) is 0 Å². The number of β-amino-alcohol motifs (C(OH)–C–C–N with tert-alkyl or cyclic N) is 1. The maximum absolute atomic E-state index is 12.8. The Morgan fingerprint density at radius 2 is 1.84 bits per heavy atom. The normalized spacial score (nSPS) is 21.8. The van der Waals surface area contributed by atoms with Crippen molar-refractivity contribution in [1.29, 1.82) is 0 Å². The van der Waals surface area contributed by atoms with Crippen molar-refractivity contribution in [2.75, 3.05) is 19.6 Å². The molecule has 1 saturated heterocycles. The number of alkyl halides is 3. The predicted molar refractivity (Wildman–Crippen MR) is 110 cm³/mol. The van der Waals surface area contributed by atoms with Gasteiger partial charge in [0.2, 0.25) is 5.91 Å². The Hall–Kier alpha value is -2.42. The molecule has 1 fully saturated rings. The van der Waals surface area contributed by atoms with Crippen LogP contribution in [0, 0.1) is 0 Å². The monoisotopic (exact) mass is 436 g/mol. The first-order valence-corrected chi connectivity index (χ1v) is 10.3. The molecule has 0 spiro atoms. The van der Waals surface area contributed by atoms with Crippen molar-refractivity contribution in [3.63, 3.8) is 0 Å². The fourth-order valence-corrected chi connectivity index (χ4v) is 3.73. The van der Waals surface area contributed by atoms with Crippen molar-refractivity contribution in [1.82, 2.24) is 10.2 Å². The van der Waals surface area contributed by atoms with Gasteiger partial charge >= 0.3 is 6.18 Å². The summed E-state index contributed by atoms with van der Waals surface area (Å²) >= 11 is 0.